The van der Waals surface area contributed by atoms with Crippen molar-refractivity contribution in [1.29, 1.82) is 0 Å². The van der Waals surface area contributed by atoms with E-state index in [0.29, 0.717) is 0 Å². The maximum absolute atomic E-state index is 5.34. The predicted molar refractivity (Wildman–Crippen MR) is 187 cm³/mol. The highest BCUT2D eigenvalue weighted by molar-refractivity contribution is 7.26. The van der Waals surface area contributed by atoms with Crippen LogP contribution in [0.2, 0.25) is 0 Å². The van der Waals surface area contributed by atoms with Gasteiger partial charge in [-0.15, -0.1) is 11.3 Å². The molecule has 0 saturated carbocycles. The second kappa shape index (κ2) is 8.96. The molecule has 0 aliphatic carbocycles. The van der Waals surface area contributed by atoms with E-state index < -0.39 is 0 Å². The molecule has 0 spiro atoms. The number of thiophene rings is 1. The van der Waals surface area contributed by atoms with Crippen molar-refractivity contribution < 1.29 is 0 Å². The number of hydrogen-bond acceptors (Lipinski definition) is 3. The first-order valence-electron chi connectivity index (χ1n) is 14.8. The van der Waals surface area contributed by atoms with Gasteiger partial charge in [0.05, 0.1) is 22.1 Å². The van der Waals surface area contributed by atoms with Crippen LogP contribution in [0.25, 0.3) is 91.6 Å². The molecule has 0 amide bonds. The first-order valence-corrected chi connectivity index (χ1v) is 15.7. The molecule has 204 valence electrons. The summed E-state index contributed by atoms with van der Waals surface area (Å²) >= 11 is 1.87. The molecule has 0 N–H and O–H groups in total. The van der Waals surface area contributed by atoms with Crippen LogP contribution in [0.15, 0.2) is 140 Å². The molecule has 0 bridgehead atoms. The van der Waals surface area contributed by atoms with Gasteiger partial charge in [0.15, 0.2) is 5.82 Å². The van der Waals surface area contributed by atoms with Gasteiger partial charge in [-0.25, -0.2) is 9.97 Å². The summed E-state index contributed by atoms with van der Waals surface area (Å²) in [5, 5.41) is 10.0. The van der Waals surface area contributed by atoms with Crippen LogP contribution in [0.1, 0.15) is 0 Å². The number of benzene rings is 7. The van der Waals surface area contributed by atoms with Gasteiger partial charge in [-0.1, -0.05) is 103 Å². The van der Waals surface area contributed by atoms with Gasteiger partial charge in [0.2, 0.25) is 0 Å². The van der Waals surface area contributed by atoms with Gasteiger partial charge in [-0.2, -0.15) is 0 Å². The zero-order chi connectivity index (χ0) is 28.8. The fourth-order valence-electron chi connectivity index (χ4n) is 6.87. The van der Waals surface area contributed by atoms with Crippen LogP contribution in [-0.2, 0) is 0 Å². The summed E-state index contributed by atoms with van der Waals surface area (Å²) in [6.45, 7) is 0. The Morgan fingerprint density at radius 3 is 2.05 bits per heavy atom. The third kappa shape index (κ3) is 3.37. The molecule has 3 heterocycles. The van der Waals surface area contributed by atoms with Crippen molar-refractivity contribution in [2.45, 2.75) is 0 Å². The third-order valence-corrected chi connectivity index (χ3v) is 10.1. The van der Waals surface area contributed by atoms with Crippen LogP contribution < -0.4 is 0 Å². The summed E-state index contributed by atoms with van der Waals surface area (Å²) in [5.41, 5.74) is 5.96. The molecular formula is C40H23N3S. The molecule has 44 heavy (non-hydrogen) atoms. The maximum atomic E-state index is 5.34. The molecule has 3 nitrogen and oxygen atoms in total. The van der Waals surface area contributed by atoms with Gasteiger partial charge in [0.1, 0.15) is 5.69 Å². The van der Waals surface area contributed by atoms with Crippen molar-refractivity contribution in [3.63, 3.8) is 0 Å². The van der Waals surface area contributed by atoms with Crippen molar-refractivity contribution in [3.8, 4) is 17.1 Å². The van der Waals surface area contributed by atoms with Gasteiger partial charge >= 0.3 is 0 Å². The second-order valence-corrected chi connectivity index (χ2v) is 12.5. The van der Waals surface area contributed by atoms with Gasteiger partial charge in [0, 0.05) is 36.5 Å². The zero-order valence-electron chi connectivity index (χ0n) is 23.5. The summed E-state index contributed by atoms with van der Waals surface area (Å²) in [6.07, 6.45) is 0. The number of hydrogen-bond donors (Lipinski definition) is 0. The molecule has 0 fully saturated rings. The Bertz CT molecular complexity index is 2790. The minimum atomic E-state index is 0.844. The van der Waals surface area contributed by atoms with Crippen molar-refractivity contribution in [2.75, 3.05) is 0 Å². The lowest BCUT2D eigenvalue weighted by molar-refractivity contribution is 1.08. The van der Waals surface area contributed by atoms with Gasteiger partial charge in [0.25, 0.3) is 0 Å². The molecule has 3 aromatic heterocycles. The lowest BCUT2D eigenvalue weighted by Gasteiger charge is -2.14. The molecule has 0 aliphatic rings. The number of aromatic nitrogens is 3. The Balaban J connectivity index is 1.34. The van der Waals surface area contributed by atoms with E-state index in [0.717, 1.165) is 39.1 Å². The van der Waals surface area contributed by atoms with Gasteiger partial charge in [-0.3, -0.25) is 4.57 Å². The van der Waals surface area contributed by atoms with Crippen LogP contribution in [0.5, 0.6) is 0 Å². The molecule has 0 unspecified atom stereocenters. The third-order valence-electron chi connectivity index (χ3n) is 8.94. The molecule has 7 aromatic carbocycles. The summed E-state index contributed by atoms with van der Waals surface area (Å²) in [6, 6.07) is 49.9. The average Bonchev–Trinajstić information content (AvgIpc) is 3.61. The van der Waals surface area contributed by atoms with Crippen LogP contribution in [0.4, 0.5) is 0 Å². The van der Waals surface area contributed by atoms with E-state index in [2.05, 4.69) is 126 Å². The molecule has 0 aliphatic heterocycles. The molecular weight excluding hydrogens is 555 g/mol. The predicted octanol–water partition coefficient (Wildman–Crippen LogP) is 11.1. The highest BCUT2D eigenvalue weighted by atomic mass is 32.1. The molecule has 0 saturated heterocycles. The van der Waals surface area contributed by atoms with Crippen molar-refractivity contribution in [1.82, 2.24) is 14.5 Å². The van der Waals surface area contributed by atoms with E-state index in [-0.39, 0.29) is 0 Å². The minimum Gasteiger partial charge on any atom is -0.292 e. The largest absolute Gasteiger partial charge is 0.292 e. The van der Waals surface area contributed by atoms with E-state index >= 15 is 0 Å². The van der Waals surface area contributed by atoms with Crippen molar-refractivity contribution in [2.24, 2.45) is 0 Å². The second-order valence-electron chi connectivity index (χ2n) is 11.4. The fourth-order valence-corrected chi connectivity index (χ4v) is 8.12. The SMILES string of the molecule is c1ccc2cc(-c3nc4ccccc4nc3-n3c4ccccc4c4cc5c(cc43)sc3c4ccccc4ccc53)ccc2c1. The van der Waals surface area contributed by atoms with Gasteiger partial charge in [-0.05, 0) is 57.9 Å². The lowest BCUT2D eigenvalue weighted by atomic mass is 10.0. The normalized spacial score (nSPS) is 12.1. The van der Waals surface area contributed by atoms with E-state index in [9.17, 15) is 0 Å². The molecule has 4 heteroatoms. The number of nitrogens with zero attached hydrogens (tertiary/aromatic N) is 3. The first kappa shape index (κ1) is 23.9. The van der Waals surface area contributed by atoms with Gasteiger partial charge < -0.3 is 0 Å². The van der Waals surface area contributed by atoms with Crippen molar-refractivity contribution in [3.05, 3.63) is 140 Å². The summed E-state index contributed by atoms with van der Waals surface area (Å²) in [7, 11) is 0. The summed E-state index contributed by atoms with van der Waals surface area (Å²) in [5.74, 6) is 0.844. The van der Waals surface area contributed by atoms with E-state index in [1.807, 2.05) is 29.5 Å². The van der Waals surface area contributed by atoms with E-state index in [1.54, 1.807) is 0 Å². The Morgan fingerprint density at radius 1 is 0.455 bits per heavy atom. The summed E-state index contributed by atoms with van der Waals surface area (Å²) in [4.78, 5) is 10.6. The zero-order valence-corrected chi connectivity index (χ0v) is 24.3. The smallest absolute Gasteiger partial charge is 0.165 e. The topological polar surface area (TPSA) is 30.7 Å². The Labute approximate surface area is 256 Å². The van der Waals surface area contributed by atoms with E-state index in [1.165, 1.54) is 52.5 Å². The first-order chi connectivity index (χ1) is 21.8. The molecule has 10 aromatic rings. The highest BCUT2D eigenvalue weighted by Crippen LogP contribution is 2.43. The monoisotopic (exact) mass is 577 g/mol. The molecule has 0 radical (unpaired) electrons. The quantitative estimate of drug-likeness (QED) is 0.205. The molecule has 10 rings (SSSR count). The molecule has 0 atom stereocenters. The standard InChI is InChI=1S/C40H23N3S/c1-2-11-26-21-27(18-17-24(26)9-1)38-40(42-34-15-7-6-14-33(34)41-38)43-35-16-8-5-13-29(35)31-22-32-30-20-19-25-10-3-4-12-28(25)39(30)44-37(32)23-36(31)43/h1-23H. The Kier molecular flexibility index (Phi) is 4.87. The van der Waals surface area contributed by atoms with Crippen LogP contribution >= 0.6 is 11.3 Å². The lowest BCUT2D eigenvalue weighted by Crippen LogP contribution is -2.03. The minimum absolute atomic E-state index is 0.844. The van der Waals surface area contributed by atoms with Crippen LogP contribution in [0, 0.1) is 0 Å². The van der Waals surface area contributed by atoms with Crippen molar-refractivity contribution >= 4 is 85.9 Å². The maximum Gasteiger partial charge on any atom is 0.165 e. The Morgan fingerprint density at radius 2 is 1.16 bits per heavy atom. The number of fused-ring (bicyclic) bond motifs is 10. The number of para-hydroxylation sites is 3. The highest BCUT2D eigenvalue weighted by Gasteiger charge is 2.21. The number of rotatable bonds is 2. The average molecular weight is 578 g/mol. The Hall–Kier alpha value is -5.58. The van der Waals surface area contributed by atoms with E-state index in [4.69, 9.17) is 9.97 Å². The summed E-state index contributed by atoms with van der Waals surface area (Å²) < 4.78 is 4.94. The fraction of sp³-hybridized carbons (Fsp3) is 0. The van der Waals surface area contributed by atoms with Crippen LogP contribution in [0.3, 0.4) is 0 Å². The van der Waals surface area contributed by atoms with Crippen LogP contribution in [-0.4, -0.2) is 14.5 Å².